The van der Waals surface area contributed by atoms with Crippen molar-refractivity contribution in [2.24, 2.45) is 11.8 Å². The number of ether oxygens (including phenoxy) is 1. The van der Waals surface area contributed by atoms with Crippen molar-refractivity contribution in [1.82, 2.24) is 10.2 Å². The second-order valence-corrected chi connectivity index (χ2v) is 6.97. The van der Waals surface area contributed by atoms with Gasteiger partial charge in [-0.05, 0) is 58.5 Å². The third-order valence-corrected chi connectivity index (χ3v) is 5.55. The topological polar surface area (TPSA) is 24.5 Å². The van der Waals surface area contributed by atoms with Crippen molar-refractivity contribution in [2.45, 2.75) is 45.1 Å². The molecule has 0 aromatic rings. The second-order valence-electron chi connectivity index (χ2n) is 6.97. The quantitative estimate of drug-likeness (QED) is 0.784. The molecule has 1 aliphatic heterocycles. The van der Waals surface area contributed by atoms with Gasteiger partial charge in [0.25, 0.3) is 0 Å². The molecular weight excluding hydrogens is 248 g/mol. The fourth-order valence-electron chi connectivity index (χ4n) is 3.73. The summed E-state index contributed by atoms with van der Waals surface area (Å²) >= 11 is 0. The maximum atomic E-state index is 5.54. The van der Waals surface area contributed by atoms with Crippen LogP contribution in [0.15, 0.2) is 11.6 Å². The Kier molecular flexibility index (Phi) is 5.65. The van der Waals surface area contributed by atoms with E-state index in [9.17, 15) is 0 Å². The largest absolute Gasteiger partial charge is 0.381 e. The molecule has 1 N–H and O–H groups in total. The molecule has 116 valence electrons. The van der Waals surface area contributed by atoms with E-state index in [0.29, 0.717) is 0 Å². The van der Waals surface area contributed by atoms with Gasteiger partial charge in [0.2, 0.25) is 0 Å². The Hall–Kier alpha value is -0.380. The zero-order valence-electron chi connectivity index (χ0n) is 13.7. The van der Waals surface area contributed by atoms with Crippen molar-refractivity contribution in [3.8, 4) is 0 Å². The molecule has 2 atom stereocenters. The minimum atomic E-state index is 0.285. The van der Waals surface area contributed by atoms with Gasteiger partial charge in [-0.2, -0.15) is 0 Å². The number of nitrogens with zero attached hydrogens (tertiary/aromatic N) is 1. The summed E-state index contributed by atoms with van der Waals surface area (Å²) in [4.78, 5) is 2.40. The molecule has 2 unspecified atom stereocenters. The molecular formula is C17H32N2O. The first-order valence-corrected chi connectivity index (χ1v) is 8.18. The van der Waals surface area contributed by atoms with Crippen molar-refractivity contribution in [3.63, 3.8) is 0 Å². The van der Waals surface area contributed by atoms with Crippen molar-refractivity contribution in [3.05, 3.63) is 11.6 Å². The van der Waals surface area contributed by atoms with E-state index in [1.54, 1.807) is 5.57 Å². The van der Waals surface area contributed by atoms with E-state index < -0.39 is 0 Å². The maximum Gasteiger partial charge on any atom is 0.0484 e. The number of hydrogen-bond acceptors (Lipinski definition) is 3. The molecule has 0 radical (unpaired) electrons. The first kappa shape index (κ1) is 16.0. The van der Waals surface area contributed by atoms with Crippen LogP contribution in [0.25, 0.3) is 0 Å². The van der Waals surface area contributed by atoms with Gasteiger partial charge in [0.15, 0.2) is 0 Å². The molecule has 1 fully saturated rings. The summed E-state index contributed by atoms with van der Waals surface area (Å²) < 4.78 is 5.54. The molecule has 20 heavy (non-hydrogen) atoms. The highest BCUT2D eigenvalue weighted by atomic mass is 16.5. The van der Waals surface area contributed by atoms with Crippen molar-refractivity contribution < 1.29 is 4.74 Å². The van der Waals surface area contributed by atoms with E-state index in [2.05, 4.69) is 44.2 Å². The Morgan fingerprint density at radius 1 is 1.35 bits per heavy atom. The van der Waals surface area contributed by atoms with Gasteiger partial charge < -0.3 is 15.0 Å². The van der Waals surface area contributed by atoms with Crippen LogP contribution in [0, 0.1) is 11.8 Å². The molecule has 2 aliphatic rings. The minimum absolute atomic E-state index is 0.285. The van der Waals surface area contributed by atoms with Crippen molar-refractivity contribution in [2.75, 3.05) is 40.4 Å². The van der Waals surface area contributed by atoms with Gasteiger partial charge in [-0.3, -0.25) is 0 Å². The van der Waals surface area contributed by atoms with E-state index >= 15 is 0 Å². The third kappa shape index (κ3) is 3.63. The van der Waals surface area contributed by atoms with Crippen LogP contribution in [0.2, 0.25) is 0 Å². The monoisotopic (exact) mass is 280 g/mol. The number of nitrogens with one attached hydrogen (secondary N) is 1. The molecule has 0 aromatic heterocycles. The van der Waals surface area contributed by atoms with Crippen LogP contribution in [0.1, 0.15) is 39.5 Å². The average molecular weight is 280 g/mol. The van der Waals surface area contributed by atoms with Crippen LogP contribution in [0.3, 0.4) is 0 Å². The molecule has 0 bridgehead atoms. The lowest BCUT2D eigenvalue weighted by atomic mass is 9.80. The number of hydrogen-bond donors (Lipinski definition) is 1. The Balaban J connectivity index is 1.87. The lowest BCUT2D eigenvalue weighted by Crippen LogP contribution is -2.55. The smallest absolute Gasteiger partial charge is 0.0484 e. The van der Waals surface area contributed by atoms with Crippen molar-refractivity contribution in [1.29, 1.82) is 0 Å². The fourth-order valence-corrected chi connectivity index (χ4v) is 3.73. The highest BCUT2D eigenvalue weighted by Gasteiger charge is 2.34. The summed E-state index contributed by atoms with van der Waals surface area (Å²) in [6.45, 7) is 8.72. The summed E-state index contributed by atoms with van der Waals surface area (Å²) in [5.74, 6) is 1.54. The Morgan fingerprint density at radius 3 is 2.65 bits per heavy atom. The SMILES string of the molecule is CC1=CCCC(C)C1CNCC1(N(C)C)CCOCC1. The van der Waals surface area contributed by atoms with E-state index in [1.165, 1.54) is 12.8 Å². The first-order valence-electron chi connectivity index (χ1n) is 8.18. The molecule has 0 saturated carbocycles. The molecule has 0 spiro atoms. The highest BCUT2D eigenvalue weighted by Crippen LogP contribution is 2.30. The predicted octanol–water partition coefficient (Wildman–Crippen LogP) is 2.68. The van der Waals surface area contributed by atoms with Crippen LogP contribution in [-0.2, 0) is 4.74 Å². The standard InChI is InChI=1S/C17H32N2O/c1-14-6-5-7-15(2)16(14)12-18-13-17(19(3)4)8-10-20-11-9-17/h6,15-16,18H,5,7-13H2,1-4H3. The average Bonchev–Trinajstić information content (AvgIpc) is 2.43. The number of allylic oxidation sites excluding steroid dienone is 1. The Bertz CT molecular complexity index is 332. The summed E-state index contributed by atoms with van der Waals surface area (Å²) in [6, 6.07) is 0. The minimum Gasteiger partial charge on any atom is -0.381 e. The summed E-state index contributed by atoms with van der Waals surface area (Å²) in [5, 5.41) is 3.77. The molecule has 3 nitrogen and oxygen atoms in total. The fraction of sp³-hybridized carbons (Fsp3) is 0.882. The Morgan fingerprint density at radius 2 is 2.05 bits per heavy atom. The summed E-state index contributed by atoms with van der Waals surface area (Å²) in [6.07, 6.45) is 7.32. The van der Waals surface area contributed by atoms with Gasteiger partial charge in [-0.1, -0.05) is 18.6 Å². The molecule has 0 aromatic carbocycles. The second kappa shape index (κ2) is 7.06. The number of rotatable bonds is 5. The van der Waals surface area contributed by atoms with E-state index in [-0.39, 0.29) is 5.54 Å². The molecule has 1 saturated heterocycles. The lowest BCUT2D eigenvalue weighted by molar-refractivity contribution is -0.00743. The molecule has 2 rings (SSSR count). The maximum absolute atomic E-state index is 5.54. The van der Waals surface area contributed by atoms with Crippen LogP contribution >= 0.6 is 0 Å². The van der Waals surface area contributed by atoms with Gasteiger partial charge in [0.05, 0.1) is 0 Å². The van der Waals surface area contributed by atoms with Gasteiger partial charge >= 0.3 is 0 Å². The number of likely N-dealkylation sites (N-methyl/N-ethyl adjacent to an activating group) is 1. The van der Waals surface area contributed by atoms with Crippen molar-refractivity contribution >= 4 is 0 Å². The van der Waals surface area contributed by atoms with E-state index in [4.69, 9.17) is 4.74 Å². The molecule has 1 heterocycles. The van der Waals surface area contributed by atoms with E-state index in [1.807, 2.05) is 0 Å². The van der Waals surface area contributed by atoms with Crippen LogP contribution in [0.5, 0.6) is 0 Å². The summed E-state index contributed by atoms with van der Waals surface area (Å²) in [7, 11) is 4.42. The van der Waals surface area contributed by atoms with Crippen LogP contribution < -0.4 is 5.32 Å². The van der Waals surface area contributed by atoms with Crippen LogP contribution in [0.4, 0.5) is 0 Å². The summed E-state index contributed by atoms with van der Waals surface area (Å²) in [5.41, 5.74) is 1.87. The van der Waals surface area contributed by atoms with Gasteiger partial charge in [-0.25, -0.2) is 0 Å². The molecule has 3 heteroatoms. The normalized spacial score (nSPS) is 30.4. The molecule has 0 amide bonds. The zero-order chi connectivity index (χ0) is 14.6. The Labute approximate surface area is 124 Å². The highest BCUT2D eigenvalue weighted by molar-refractivity contribution is 5.09. The first-order chi connectivity index (χ1) is 9.55. The molecule has 1 aliphatic carbocycles. The van der Waals surface area contributed by atoms with Gasteiger partial charge in [0, 0.05) is 31.8 Å². The van der Waals surface area contributed by atoms with Crippen LogP contribution in [-0.4, -0.2) is 50.8 Å². The van der Waals surface area contributed by atoms with Gasteiger partial charge in [-0.15, -0.1) is 0 Å². The third-order valence-electron chi connectivity index (χ3n) is 5.55. The van der Waals surface area contributed by atoms with Gasteiger partial charge in [0.1, 0.15) is 0 Å². The lowest BCUT2D eigenvalue weighted by Gasteiger charge is -2.43. The zero-order valence-corrected chi connectivity index (χ0v) is 13.7. The predicted molar refractivity (Wildman–Crippen MR) is 85.0 cm³/mol. The van der Waals surface area contributed by atoms with E-state index in [0.717, 1.165) is 51.0 Å².